The monoisotopic (exact) mass is 472 g/mol. The Kier molecular flexibility index (Phi) is 9.04. The van der Waals surface area contributed by atoms with Gasteiger partial charge in [-0.1, -0.05) is 17.2 Å². The van der Waals surface area contributed by atoms with Crippen molar-refractivity contribution in [3.63, 3.8) is 0 Å². The summed E-state index contributed by atoms with van der Waals surface area (Å²) < 4.78 is 22.1. The Morgan fingerprint density at radius 1 is 0.912 bits per heavy atom. The molecule has 5 rings (SSSR count). The number of nitrogens with zero attached hydrogens (tertiary/aromatic N) is 3. The molecule has 9 nitrogen and oxygen atoms in total. The lowest BCUT2D eigenvalue weighted by atomic mass is 9.53. The van der Waals surface area contributed by atoms with Gasteiger partial charge in [0, 0.05) is 17.0 Å². The maximum absolute atomic E-state index is 13.2. The first-order valence-corrected chi connectivity index (χ1v) is 12.5. The zero-order valence-electron chi connectivity index (χ0n) is 19.8. The molecule has 0 aromatic heterocycles. The predicted molar refractivity (Wildman–Crippen MR) is 127 cm³/mol. The fourth-order valence-electron chi connectivity index (χ4n) is 6.25. The van der Waals surface area contributed by atoms with E-state index in [-0.39, 0.29) is 11.4 Å². The van der Waals surface area contributed by atoms with Crippen LogP contribution in [-0.2, 0) is 14.2 Å². The van der Waals surface area contributed by atoms with Crippen molar-refractivity contribution in [1.29, 1.82) is 0 Å². The van der Waals surface area contributed by atoms with Crippen molar-refractivity contribution in [1.82, 2.24) is 5.32 Å². The maximum atomic E-state index is 13.2. The molecule has 0 atom stereocenters. The minimum atomic E-state index is -0.0199. The smallest absolute Gasteiger partial charge is 0.255 e. The first kappa shape index (κ1) is 24.8. The average Bonchev–Trinajstić information content (AvgIpc) is 2.81. The highest BCUT2D eigenvalue weighted by molar-refractivity contribution is 5.97. The molecule has 4 aliphatic rings. The van der Waals surface area contributed by atoms with Gasteiger partial charge in [-0.25, -0.2) is 0 Å². The van der Waals surface area contributed by atoms with Crippen LogP contribution >= 0.6 is 0 Å². The van der Waals surface area contributed by atoms with E-state index in [1.165, 1.54) is 19.3 Å². The lowest BCUT2D eigenvalue weighted by Gasteiger charge is -2.56. The minimum Gasteiger partial charge on any atom is -0.490 e. The number of hydrogen-bond acceptors (Lipinski definition) is 6. The SMILES string of the molecule is [N-]=[N+]=NCCOCCOCCOCCOc1ccccc1C(=O)NC12CC3CC(CC(C3)C1)C2. The van der Waals surface area contributed by atoms with Crippen LogP contribution in [-0.4, -0.2) is 64.2 Å². The first-order chi connectivity index (χ1) is 16.7. The van der Waals surface area contributed by atoms with Crippen molar-refractivity contribution in [3.8, 4) is 5.75 Å². The van der Waals surface area contributed by atoms with Gasteiger partial charge in [-0.3, -0.25) is 4.79 Å². The molecule has 1 amide bonds. The quantitative estimate of drug-likeness (QED) is 0.178. The highest BCUT2D eigenvalue weighted by Gasteiger charge is 2.51. The van der Waals surface area contributed by atoms with E-state index in [9.17, 15) is 4.79 Å². The maximum Gasteiger partial charge on any atom is 0.255 e. The number of ether oxygens (including phenoxy) is 4. The van der Waals surface area contributed by atoms with E-state index in [1.807, 2.05) is 24.3 Å². The zero-order valence-corrected chi connectivity index (χ0v) is 19.8. The van der Waals surface area contributed by atoms with Gasteiger partial charge in [-0.05, 0) is 73.9 Å². The van der Waals surface area contributed by atoms with Crippen LogP contribution in [0, 0.1) is 17.8 Å². The van der Waals surface area contributed by atoms with Crippen LogP contribution in [0.4, 0.5) is 0 Å². The summed E-state index contributed by atoms with van der Waals surface area (Å²) in [7, 11) is 0. The highest BCUT2D eigenvalue weighted by Crippen LogP contribution is 2.55. The van der Waals surface area contributed by atoms with Crippen LogP contribution in [0.1, 0.15) is 48.9 Å². The van der Waals surface area contributed by atoms with E-state index < -0.39 is 0 Å². The van der Waals surface area contributed by atoms with E-state index >= 15 is 0 Å². The van der Waals surface area contributed by atoms with Crippen molar-refractivity contribution in [2.45, 2.75) is 44.1 Å². The van der Waals surface area contributed by atoms with E-state index in [0.717, 1.165) is 37.0 Å². The summed E-state index contributed by atoms with van der Waals surface area (Å²) in [5.74, 6) is 2.94. The number of hydrogen-bond donors (Lipinski definition) is 1. The van der Waals surface area contributed by atoms with Gasteiger partial charge in [0.25, 0.3) is 5.91 Å². The van der Waals surface area contributed by atoms with Gasteiger partial charge >= 0.3 is 0 Å². The van der Waals surface area contributed by atoms with Crippen molar-refractivity contribution >= 4 is 5.91 Å². The van der Waals surface area contributed by atoms with Crippen LogP contribution in [0.3, 0.4) is 0 Å². The molecule has 1 N–H and O–H groups in total. The predicted octanol–water partition coefficient (Wildman–Crippen LogP) is 4.12. The summed E-state index contributed by atoms with van der Waals surface area (Å²) in [4.78, 5) is 15.9. The minimum absolute atomic E-state index is 0.0162. The molecule has 0 radical (unpaired) electrons. The van der Waals surface area contributed by atoms with Gasteiger partial charge in [-0.2, -0.15) is 0 Å². The topological polar surface area (TPSA) is 115 Å². The summed E-state index contributed by atoms with van der Waals surface area (Å²) in [6.45, 7) is 3.33. The second kappa shape index (κ2) is 12.4. The molecule has 1 aromatic rings. The molecule has 9 heteroatoms. The number of amides is 1. The average molecular weight is 473 g/mol. The van der Waals surface area contributed by atoms with Gasteiger partial charge in [0.1, 0.15) is 12.4 Å². The third-order valence-electron chi connectivity index (χ3n) is 7.18. The molecule has 4 aliphatic carbocycles. The van der Waals surface area contributed by atoms with Gasteiger partial charge in [0.05, 0.1) is 45.2 Å². The normalized spacial score (nSPS) is 26.8. The molecule has 186 valence electrons. The second-order valence-electron chi connectivity index (χ2n) is 9.79. The Balaban J connectivity index is 1.13. The van der Waals surface area contributed by atoms with Gasteiger partial charge in [0.2, 0.25) is 0 Å². The molecule has 4 fully saturated rings. The number of benzene rings is 1. The van der Waals surface area contributed by atoms with Gasteiger partial charge in [-0.15, -0.1) is 0 Å². The van der Waals surface area contributed by atoms with Gasteiger partial charge in [0.15, 0.2) is 0 Å². The fourth-order valence-corrected chi connectivity index (χ4v) is 6.25. The lowest BCUT2D eigenvalue weighted by Crippen LogP contribution is -2.59. The van der Waals surface area contributed by atoms with Crippen LogP contribution in [0.5, 0.6) is 5.75 Å². The summed E-state index contributed by atoms with van der Waals surface area (Å²) in [6, 6.07) is 7.46. The second-order valence-corrected chi connectivity index (χ2v) is 9.79. The molecule has 34 heavy (non-hydrogen) atoms. The van der Waals surface area contributed by atoms with Crippen LogP contribution in [0.15, 0.2) is 29.4 Å². The molecular weight excluding hydrogens is 436 g/mol. The number of carbonyl (C=O) groups excluding carboxylic acids is 1. The van der Waals surface area contributed by atoms with E-state index in [2.05, 4.69) is 15.3 Å². The van der Waals surface area contributed by atoms with Crippen molar-refractivity contribution in [2.24, 2.45) is 22.9 Å². The Morgan fingerprint density at radius 2 is 1.47 bits per heavy atom. The Hall–Kier alpha value is -2.32. The molecule has 0 unspecified atom stereocenters. The molecule has 0 aliphatic heterocycles. The largest absolute Gasteiger partial charge is 0.490 e. The van der Waals surface area contributed by atoms with Crippen molar-refractivity contribution in [3.05, 3.63) is 40.3 Å². The zero-order chi connectivity index (χ0) is 23.6. The van der Waals surface area contributed by atoms with Crippen molar-refractivity contribution < 1.29 is 23.7 Å². The summed E-state index contributed by atoms with van der Waals surface area (Å²) in [5, 5.41) is 6.82. The molecule has 4 saturated carbocycles. The summed E-state index contributed by atoms with van der Waals surface area (Å²) >= 11 is 0. The van der Waals surface area contributed by atoms with Gasteiger partial charge < -0.3 is 24.3 Å². The standard InChI is InChI=1S/C25H36N4O5/c26-29-27-5-6-31-7-8-32-9-10-33-11-12-34-23-4-2-1-3-22(23)24(30)28-25-16-19-13-20(17-25)15-21(14-19)18-25/h1-4,19-21H,5-18H2,(H,28,30). The molecule has 0 spiro atoms. The number of nitrogens with one attached hydrogen (secondary N) is 1. The third kappa shape index (κ3) is 6.85. The first-order valence-electron chi connectivity index (χ1n) is 12.5. The number of para-hydroxylation sites is 1. The lowest BCUT2D eigenvalue weighted by molar-refractivity contribution is -0.0167. The summed E-state index contributed by atoms with van der Waals surface area (Å²) in [6.07, 6.45) is 7.45. The Bertz CT molecular complexity index is 822. The summed E-state index contributed by atoms with van der Waals surface area (Å²) in [5.41, 5.74) is 8.75. The Labute approximate surface area is 201 Å². The van der Waals surface area contributed by atoms with Crippen LogP contribution in [0.25, 0.3) is 10.4 Å². The molecule has 1 aromatic carbocycles. The highest BCUT2D eigenvalue weighted by atomic mass is 16.6. The van der Waals surface area contributed by atoms with Crippen LogP contribution < -0.4 is 10.1 Å². The van der Waals surface area contributed by atoms with Crippen LogP contribution in [0.2, 0.25) is 0 Å². The van der Waals surface area contributed by atoms with Crippen molar-refractivity contribution in [2.75, 3.05) is 52.8 Å². The molecule has 4 bridgehead atoms. The molecule has 0 heterocycles. The third-order valence-corrected chi connectivity index (χ3v) is 7.18. The van der Waals surface area contributed by atoms with E-state index in [4.69, 9.17) is 24.5 Å². The van der Waals surface area contributed by atoms with E-state index in [1.54, 1.807) is 0 Å². The fraction of sp³-hybridized carbons (Fsp3) is 0.720. The number of rotatable bonds is 15. The molecular formula is C25H36N4O5. The molecule has 0 saturated heterocycles. The number of azide groups is 1. The number of carbonyl (C=O) groups is 1. The Morgan fingerprint density at radius 3 is 2.09 bits per heavy atom. The van der Waals surface area contributed by atoms with E-state index in [0.29, 0.717) is 64.1 Å².